The summed E-state index contributed by atoms with van der Waals surface area (Å²) in [5.74, 6) is -0.0887. The molecule has 0 aliphatic heterocycles. The molecule has 0 heterocycles. The first-order chi connectivity index (χ1) is 10.1. The van der Waals surface area contributed by atoms with Crippen molar-refractivity contribution in [2.75, 3.05) is 13.1 Å². The van der Waals surface area contributed by atoms with Gasteiger partial charge in [0, 0.05) is 11.0 Å². The molecule has 0 saturated carbocycles. The quantitative estimate of drug-likeness (QED) is 0.528. The molecule has 0 bridgehead atoms. The number of rotatable bonds is 10. The highest BCUT2D eigenvalue weighted by atomic mass is 79.9. The van der Waals surface area contributed by atoms with Gasteiger partial charge in [0.15, 0.2) is 0 Å². The van der Waals surface area contributed by atoms with Crippen molar-refractivity contribution >= 4 is 15.9 Å². The van der Waals surface area contributed by atoms with Crippen LogP contribution >= 0.6 is 15.9 Å². The zero-order chi connectivity index (χ0) is 15.7. The Bertz CT molecular complexity index is 422. The first-order valence-corrected chi connectivity index (χ1v) is 9.01. The molecule has 0 aromatic heterocycles. The molecule has 1 unspecified atom stereocenters. The van der Waals surface area contributed by atoms with Crippen LogP contribution in [0.3, 0.4) is 0 Å². The van der Waals surface area contributed by atoms with Crippen LogP contribution in [-0.4, -0.2) is 13.1 Å². The number of benzene rings is 1. The van der Waals surface area contributed by atoms with E-state index in [0.29, 0.717) is 0 Å². The fourth-order valence-corrected chi connectivity index (χ4v) is 3.15. The summed E-state index contributed by atoms with van der Waals surface area (Å²) in [5, 5.41) is 3.56. The van der Waals surface area contributed by atoms with E-state index in [1.54, 1.807) is 6.07 Å². The highest BCUT2D eigenvalue weighted by Crippen LogP contribution is 2.34. The zero-order valence-electron chi connectivity index (χ0n) is 13.6. The van der Waals surface area contributed by atoms with Crippen molar-refractivity contribution < 1.29 is 4.39 Å². The molecule has 1 rings (SSSR count). The van der Waals surface area contributed by atoms with Crippen LogP contribution in [0, 0.1) is 11.2 Å². The maximum absolute atomic E-state index is 14.2. The number of hydrogen-bond acceptors (Lipinski definition) is 1. The summed E-state index contributed by atoms with van der Waals surface area (Å²) >= 11 is 3.33. The summed E-state index contributed by atoms with van der Waals surface area (Å²) in [4.78, 5) is 0. The van der Waals surface area contributed by atoms with Gasteiger partial charge in [0.25, 0.3) is 0 Å². The lowest BCUT2D eigenvalue weighted by Crippen LogP contribution is -2.36. The molecule has 0 spiro atoms. The van der Waals surface area contributed by atoms with Crippen LogP contribution < -0.4 is 5.32 Å². The Labute approximate surface area is 137 Å². The summed E-state index contributed by atoms with van der Waals surface area (Å²) < 4.78 is 15.0. The molecule has 1 aromatic rings. The third-order valence-corrected chi connectivity index (χ3v) is 4.81. The number of nitrogens with one attached hydrogen (secondary N) is 1. The van der Waals surface area contributed by atoms with Crippen LogP contribution in [-0.2, 0) is 6.42 Å². The van der Waals surface area contributed by atoms with Crippen molar-refractivity contribution in [3.8, 4) is 0 Å². The fourth-order valence-electron chi connectivity index (χ4n) is 2.82. The predicted octanol–water partition coefficient (Wildman–Crippen LogP) is 5.72. The molecule has 1 nitrogen and oxygen atoms in total. The maximum atomic E-state index is 14.2. The van der Waals surface area contributed by atoms with Gasteiger partial charge >= 0.3 is 0 Å². The van der Waals surface area contributed by atoms with Crippen LogP contribution in [0.2, 0.25) is 0 Å². The van der Waals surface area contributed by atoms with E-state index in [4.69, 9.17) is 0 Å². The highest BCUT2D eigenvalue weighted by molar-refractivity contribution is 9.10. The summed E-state index contributed by atoms with van der Waals surface area (Å²) in [7, 11) is 0. The minimum atomic E-state index is -0.0887. The van der Waals surface area contributed by atoms with Crippen LogP contribution in [0.15, 0.2) is 22.7 Å². The lowest BCUT2D eigenvalue weighted by atomic mass is 9.75. The van der Waals surface area contributed by atoms with E-state index in [-0.39, 0.29) is 11.2 Å². The minimum absolute atomic E-state index is 0.0887. The molecule has 0 aliphatic carbocycles. The molecule has 21 heavy (non-hydrogen) atoms. The van der Waals surface area contributed by atoms with Gasteiger partial charge in [-0.05, 0) is 55.3 Å². The lowest BCUT2D eigenvalue weighted by Gasteiger charge is -2.34. The molecule has 1 atom stereocenters. The molecule has 0 amide bonds. The number of hydrogen-bond donors (Lipinski definition) is 1. The molecular weight excluding hydrogens is 329 g/mol. The van der Waals surface area contributed by atoms with E-state index >= 15 is 0 Å². The molecule has 1 N–H and O–H groups in total. The Morgan fingerprint density at radius 3 is 2.52 bits per heavy atom. The van der Waals surface area contributed by atoms with Crippen molar-refractivity contribution in [3.05, 3.63) is 34.1 Å². The Morgan fingerprint density at radius 1 is 1.19 bits per heavy atom. The molecule has 0 radical (unpaired) electrons. The SMILES string of the molecule is CCCCC(CC)(CNCCC)Cc1ccc(Br)cc1F. The molecule has 120 valence electrons. The molecule has 1 aromatic carbocycles. The second-order valence-corrected chi connectivity index (χ2v) is 6.96. The van der Waals surface area contributed by atoms with E-state index in [2.05, 4.69) is 42.0 Å². The highest BCUT2D eigenvalue weighted by Gasteiger charge is 2.28. The van der Waals surface area contributed by atoms with Crippen molar-refractivity contribution in [3.63, 3.8) is 0 Å². The maximum Gasteiger partial charge on any atom is 0.127 e. The van der Waals surface area contributed by atoms with Crippen LogP contribution in [0.25, 0.3) is 0 Å². The van der Waals surface area contributed by atoms with Gasteiger partial charge in [0.2, 0.25) is 0 Å². The van der Waals surface area contributed by atoms with Gasteiger partial charge in [0.05, 0.1) is 0 Å². The Hall–Kier alpha value is -0.410. The van der Waals surface area contributed by atoms with Gasteiger partial charge in [-0.1, -0.05) is 55.6 Å². The average molecular weight is 358 g/mol. The molecule has 0 fully saturated rings. The summed E-state index contributed by atoms with van der Waals surface area (Å²) in [6, 6.07) is 5.45. The van der Waals surface area contributed by atoms with Crippen LogP contribution in [0.4, 0.5) is 4.39 Å². The van der Waals surface area contributed by atoms with Gasteiger partial charge in [-0.2, -0.15) is 0 Å². The summed E-state index contributed by atoms with van der Waals surface area (Å²) in [6.07, 6.45) is 6.60. The van der Waals surface area contributed by atoms with Crippen LogP contribution in [0.1, 0.15) is 58.4 Å². The third kappa shape index (κ3) is 6.07. The molecule has 3 heteroatoms. The van der Waals surface area contributed by atoms with Crippen molar-refractivity contribution in [2.24, 2.45) is 5.41 Å². The molecular formula is C18H29BrFN. The largest absolute Gasteiger partial charge is 0.316 e. The minimum Gasteiger partial charge on any atom is -0.316 e. The normalized spacial score (nSPS) is 14.1. The predicted molar refractivity (Wildman–Crippen MR) is 93.2 cm³/mol. The van der Waals surface area contributed by atoms with Crippen LogP contribution in [0.5, 0.6) is 0 Å². The number of unbranched alkanes of at least 4 members (excludes halogenated alkanes) is 1. The first-order valence-electron chi connectivity index (χ1n) is 8.21. The van der Waals surface area contributed by atoms with Crippen molar-refractivity contribution in [2.45, 2.75) is 59.3 Å². The monoisotopic (exact) mass is 357 g/mol. The number of halogens is 2. The standard InChI is InChI=1S/C18H29BrFN/c1-4-7-10-18(6-3,14-21-11-5-2)13-15-8-9-16(19)12-17(15)20/h8-9,12,21H,4-7,10-11,13-14H2,1-3H3. The Morgan fingerprint density at radius 2 is 1.95 bits per heavy atom. The van der Waals surface area contributed by atoms with E-state index in [9.17, 15) is 4.39 Å². The summed E-state index contributed by atoms with van der Waals surface area (Å²) in [5.41, 5.74) is 1.01. The topological polar surface area (TPSA) is 12.0 Å². The first kappa shape index (κ1) is 18.6. The van der Waals surface area contributed by atoms with Gasteiger partial charge in [0.1, 0.15) is 5.82 Å². The Kier molecular flexibility index (Phi) is 8.50. The second kappa shape index (κ2) is 9.58. The van der Waals surface area contributed by atoms with Gasteiger partial charge in [-0.3, -0.25) is 0 Å². The Balaban J connectivity index is 2.87. The van der Waals surface area contributed by atoms with Crippen molar-refractivity contribution in [1.82, 2.24) is 5.32 Å². The van der Waals surface area contributed by atoms with E-state index < -0.39 is 0 Å². The second-order valence-electron chi connectivity index (χ2n) is 6.05. The van der Waals surface area contributed by atoms with Gasteiger partial charge in [-0.15, -0.1) is 0 Å². The molecule has 0 saturated heterocycles. The smallest absolute Gasteiger partial charge is 0.127 e. The van der Waals surface area contributed by atoms with Gasteiger partial charge < -0.3 is 5.32 Å². The van der Waals surface area contributed by atoms with E-state index in [1.165, 1.54) is 12.8 Å². The van der Waals surface area contributed by atoms with E-state index in [0.717, 1.165) is 48.8 Å². The van der Waals surface area contributed by atoms with E-state index in [1.807, 2.05) is 12.1 Å². The van der Waals surface area contributed by atoms with Crippen molar-refractivity contribution in [1.29, 1.82) is 0 Å². The zero-order valence-corrected chi connectivity index (χ0v) is 15.2. The van der Waals surface area contributed by atoms with Gasteiger partial charge in [-0.25, -0.2) is 4.39 Å². The lowest BCUT2D eigenvalue weighted by molar-refractivity contribution is 0.227. The summed E-state index contributed by atoms with van der Waals surface area (Å²) in [6.45, 7) is 8.66. The average Bonchev–Trinajstić information content (AvgIpc) is 2.47. The fraction of sp³-hybridized carbons (Fsp3) is 0.667. The molecule has 0 aliphatic rings. The third-order valence-electron chi connectivity index (χ3n) is 4.32.